The van der Waals surface area contributed by atoms with E-state index in [1.165, 1.54) is 18.2 Å². The molecule has 0 bridgehead atoms. The Bertz CT molecular complexity index is 900. The van der Waals surface area contributed by atoms with Gasteiger partial charge in [0.1, 0.15) is 17.2 Å². The predicted octanol–water partition coefficient (Wildman–Crippen LogP) is 6.10. The molecule has 2 aromatic carbocycles. The number of fused-ring (bicyclic) bond motifs is 1. The number of alkyl halides is 3. The minimum absolute atomic E-state index is 0.0762. The van der Waals surface area contributed by atoms with Crippen molar-refractivity contribution < 1.29 is 31.5 Å². The van der Waals surface area contributed by atoms with Gasteiger partial charge in [0, 0.05) is 6.07 Å². The number of benzene rings is 2. The van der Waals surface area contributed by atoms with Crippen molar-refractivity contribution in [1.82, 2.24) is 4.90 Å². The maximum Gasteiger partial charge on any atom is 0.413 e. The van der Waals surface area contributed by atoms with Gasteiger partial charge in [0.05, 0.1) is 6.04 Å². The van der Waals surface area contributed by atoms with Crippen LogP contribution in [-0.4, -0.2) is 22.8 Å². The predicted molar refractivity (Wildman–Crippen MR) is 96.1 cm³/mol. The first-order valence-electron chi connectivity index (χ1n) is 8.98. The van der Waals surface area contributed by atoms with Crippen LogP contribution in [0.2, 0.25) is 0 Å². The van der Waals surface area contributed by atoms with E-state index in [4.69, 9.17) is 4.74 Å². The fourth-order valence-corrected chi connectivity index (χ4v) is 3.58. The molecule has 1 heterocycles. The molecule has 0 spiro atoms. The monoisotopic (exact) mass is 413 g/mol. The molecule has 0 saturated heterocycles. The minimum atomic E-state index is -4.76. The van der Waals surface area contributed by atoms with Crippen LogP contribution in [-0.2, 0) is 11.2 Å². The number of hydrogen-bond donors (Lipinski definition) is 0. The topological polar surface area (TPSA) is 29.5 Å². The molecule has 0 saturated carbocycles. The first-order chi connectivity index (χ1) is 13.4. The molecule has 0 aromatic heterocycles. The fourth-order valence-electron chi connectivity index (χ4n) is 3.58. The van der Waals surface area contributed by atoms with Gasteiger partial charge in [-0.15, -0.1) is 0 Å². The van der Waals surface area contributed by atoms with Gasteiger partial charge in [0.15, 0.2) is 6.04 Å². The van der Waals surface area contributed by atoms with Crippen molar-refractivity contribution in [3.8, 4) is 0 Å². The number of amides is 1. The highest BCUT2D eigenvalue weighted by atomic mass is 19.4. The zero-order valence-electron chi connectivity index (χ0n) is 16.1. The Morgan fingerprint density at radius 3 is 2.07 bits per heavy atom. The molecular formula is C21H20F5NO2. The number of halogens is 5. The molecule has 0 aliphatic carbocycles. The van der Waals surface area contributed by atoms with Gasteiger partial charge in [0.25, 0.3) is 0 Å². The van der Waals surface area contributed by atoms with Crippen LogP contribution in [0.4, 0.5) is 26.7 Å². The van der Waals surface area contributed by atoms with E-state index in [9.17, 15) is 26.7 Å². The molecule has 0 fully saturated rings. The number of hydrogen-bond acceptors (Lipinski definition) is 2. The normalized spacial score (nSPS) is 19.2. The maximum atomic E-state index is 14.0. The Hall–Kier alpha value is -2.64. The lowest BCUT2D eigenvalue weighted by Crippen LogP contribution is -2.43. The number of rotatable bonds is 2. The number of nitrogens with zero attached hydrogens (tertiary/aromatic N) is 1. The quantitative estimate of drug-likeness (QED) is 0.557. The highest BCUT2D eigenvalue weighted by molar-refractivity contribution is 5.71. The van der Waals surface area contributed by atoms with Crippen LogP contribution in [0.15, 0.2) is 42.5 Å². The van der Waals surface area contributed by atoms with Gasteiger partial charge in [-0.25, -0.2) is 13.6 Å². The van der Waals surface area contributed by atoms with Crippen LogP contribution in [0.3, 0.4) is 0 Å². The lowest BCUT2D eigenvalue weighted by molar-refractivity contribution is -0.183. The summed E-state index contributed by atoms with van der Waals surface area (Å²) < 4.78 is 74.3. The largest absolute Gasteiger partial charge is 0.444 e. The summed E-state index contributed by atoms with van der Waals surface area (Å²) in [5, 5.41) is 0. The van der Waals surface area contributed by atoms with Crippen LogP contribution >= 0.6 is 0 Å². The van der Waals surface area contributed by atoms with Crippen molar-refractivity contribution in [2.45, 2.75) is 51.1 Å². The summed E-state index contributed by atoms with van der Waals surface area (Å²) in [4.78, 5) is 13.4. The van der Waals surface area contributed by atoms with Crippen LogP contribution in [0, 0.1) is 11.6 Å². The van der Waals surface area contributed by atoms with Gasteiger partial charge in [-0.3, -0.25) is 4.90 Å². The van der Waals surface area contributed by atoms with Crippen molar-refractivity contribution in [2.75, 3.05) is 0 Å². The van der Waals surface area contributed by atoms with Crippen molar-refractivity contribution in [3.63, 3.8) is 0 Å². The SMILES string of the molecule is CC(C)(C)OC(=O)N1[C@H](C(F)(F)F)c2ccccc2[C@@H]1Cc1cc(F)cc(F)c1. The second-order valence-electron chi connectivity index (χ2n) is 7.96. The van der Waals surface area contributed by atoms with Crippen LogP contribution in [0.5, 0.6) is 0 Å². The van der Waals surface area contributed by atoms with Gasteiger partial charge in [0.2, 0.25) is 0 Å². The summed E-state index contributed by atoms with van der Waals surface area (Å²) in [6.07, 6.45) is -6.09. The number of ether oxygens (including phenoxy) is 1. The second-order valence-corrected chi connectivity index (χ2v) is 7.96. The van der Waals surface area contributed by atoms with E-state index in [2.05, 4.69) is 0 Å². The standard InChI is InChI=1S/C21H20F5NO2/c1-20(2,3)29-19(28)27-17(10-12-8-13(22)11-14(23)9-12)15-6-4-5-7-16(15)18(27)21(24,25)26/h4-9,11,17-18H,10H2,1-3H3/t17-,18-/m0/s1. The molecule has 29 heavy (non-hydrogen) atoms. The van der Waals surface area contributed by atoms with E-state index in [1.54, 1.807) is 26.8 Å². The third-order valence-corrected chi connectivity index (χ3v) is 4.53. The minimum Gasteiger partial charge on any atom is -0.444 e. The molecule has 156 valence electrons. The summed E-state index contributed by atoms with van der Waals surface area (Å²) in [6, 6.07) is 5.26. The molecular weight excluding hydrogens is 393 g/mol. The molecule has 3 rings (SSSR count). The highest BCUT2D eigenvalue weighted by Crippen LogP contribution is 2.51. The lowest BCUT2D eigenvalue weighted by Gasteiger charge is -2.33. The Kier molecular flexibility index (Phi) is 5.32. The first kappa shape index (κ1) is 21.1. The van der Waals surface area contributed by atoms with E-state index in [1.807, 2.05) is 0 Å². The van der Waals surface area contributed by atoms with Crippen LogP contribution in [0.25, 0.3) is 0 Å². The summed E-state index contributed by atoms with van der Waals surface area (Å²) in [7, 11) is 0. The number of carbonyl (C=O) groups is 1. The molecule has 1 amide bonds. The van der Waals surface area contributed by atoms with Crippen molar-refractivity contribution >= 4 is 6.09 Å². The Morgan fingerprint density at radius 2 is 1.55 bits per heavy atom. The van der Waals surface area contributed by atoms with Gasteiger partial charge < -0.3 is 4.74 Å². The van der Waals surface area contributed by atoms with E-state index in [-0.39, 0.29) is 23.1 Å². The van der Waals surface area contributed by atoms with Gasteiger partial charge in [-0.05, 0) is 56.0 Å². The van der Waals surface area contributed by atoms with Crippen molar-refractivity contribution in [1.29, 1.82) is 0 Å². The zero-order chi connectivity index (χ0) is 21.6. The smallest absolute Gasteiger partial charge is 0.413 e. The summed E-state index contributed by atoms with van der Waals surface area (Å²) in [6.45, 7) is 4.65. The first-order valence-corrected chi connectivity index (χ1v) is 8.98. The van der Waals surface area contributed by atoms with Crippen molar-refractivity contribution in [3.05, 3.63) is 70.8 Å². The molecule has 0 N–H and O–H groups in total. The van der Waals surface area contributed by atoms with Crippen molar-refractivity contribution in [2.24, 2.45) is 0 Å². The average Bonchev–Trinajstić information content (AvgIpc) is 2.87. The highest BCUT2D eigenvalue weighted by Gasteiger charge is 2.55. The zero-order valence-corrected chi connectivity index (χ0v) is 16.1. The Balaban J connectivity index is 2.10. The molecule has 3 nitrogen and oxygen atoms in total. The molecule has 2 atom stereocenters. The fraction of sp³-hybridized carbons (Fsp3) is 0.381. The Labute approximate surface area is 165 Å². The van der Waals surface area contributed by atoms with Crippen LogP contribution < -0.4 is 0 Å². The second kappa shape index (κ2) is 7.31. The molecule has 0 radical (unpaired) electrons. The molecule has 2 aromatic rings. The third kappa shape index (κ3) is 4.52. The van der Waals surface area contributed by atoms with Crippen LogP contribution in [0.1, 0.15) is 49.5 Å². The third-order valence-electron chi connectivity index (χ3n) is 4.53. The summed E-state index contributed by atoms with van der Waals surface area (Å²) in [5.74, 6) is -1.69. The summed E-state index contributed by atoms with van der Waals surface area (Å²) in [5.41, 5.74) is -0.686. The maximum absolute atomic E-state index is 14.0. The van der Waals surface area contributed by atoms with Gasteiger partial charge in [-0.1, -0.05) is 24.3 Å². The average molecular weight is 413 g/mol. The lowest BCUT2D eigenvalue weighted by atomic mass is 9.97. The van der Waals surface area contributed by atoms with Gasteiger partial charge in [-0.2, -0.15) is 13.2 Å². The summed E-state index contributed by atoms with van der Waals surface area (Å²) >= 11 is 0. The Morgan fingerprint density at radius 1 is 1.00 bits per heavy atom. The van der Waals surface area contributed by atoms with E-state index < -0.39 is 41.6 Å². The molecule has 8 heteroatoms. The van der Waals surface area contributed by atoms with Gasteiger partial charge >= 0.3 is 12.3 Å². The van der Waals surface area contributed by atoms with E-state index >= 15 is 0 Å². The molecule has 1 aliphatic rings. The van der Waals surface area contributed by atoms with E-state index in [0.717, 1.165) is 12.1 Å². The molecule has 1 aliphatic heterocycles. The molecule has 0 unspecified atom stereocenters. The number of carbonyl (C=O) groups excluding carboxylic acids is 1. The van der Waals surface area contributed by atoms with E-state index in [0.29, 0.717) is 11.0 Å².